The van der Waals surface area contributed by atoms with Crippen molar-refractivity contribution in [2.45, 2.75) is 25.9 Å². The fourth-order valence-electron chi connectivity index (χ4n) is 4.19. The zero-order valence-corrected chi connectivity index (χ0v) is 17.1. The minimum absolute atomic E-state index is 0.0826. The van der Waals surface area contributed by atoms with Gasteiger partial charge in [-0.15, -0.1) is 0 Å². The Bertz CT molecular complexity index is 1200. The number of carbonyl (C=O) groups excluding carboxylic acids is 1. The molecule has 0 aliphatic carbocycles. The molecule has 0 radical (unpaired) electrons. The number of aromatic nitrogens is 4. The molecule has 1 aliphatic rings. The molecule has 5 rings (SSSR count). The minimum atomic E-state index is -0.319. The molecular weight excluding hydrogens is 393 g/mol. The lowest BCUT2D eigenvalue weighted by atomic mass is 9.95. The predicted octanol–water partition coefficient (Wildman–Crippen LogP) is 4.36. The zero-order valence-electron chi connectivity index (χ0n) is 17.1. The molecule has 2 aromatic heterocycles. The molecule has 0 bridgehead atoms. The normalized spacial score (nSPS) is 15.5. The van der Waals surface area contributed by atoms with Crippen LogP contribution in [-0.4, -0.2) is 37.1 Å². The number of aryl methyl sites for hydroxylation is 2. The summed E-state index contributed by atoms with van der Waals surface area (Å²) in [5.74, 6) is -0.383. The fourth-order valence-corrected chi connectivity index (χ4v) is 4.19. The third-order valence-corrected chi connectivity index (χ3v) is 5.75. The molecule has 3 heterocycles. The van der Waals surface area contributed by atoms with Crippen molar-refractivity contribution in [1.29, 1.82) is 0 Å². The molecule has 0 spiro atoms. The van der Waals surface area contributed by atoms with Gasteiger partial charge in [0.2, 0.25) is 0 Å². The van der Waals surface area contributed by atoms with E-state index < -0.39 is 0 Å². The molecule has 7 heteroatoms. The monoisotopic (exact) mass is 415 g/mol. The molecule has 31 heavy (non-hydrogen) atoms. The number of benzene rings is 2. The van der Waals surface area contributed by atoms with E-state index >= 15 is 0 Å². The average molecular weight is 415 g/mol. The van der Waals surface area contributed by atoms with Gasteiger partial charge in [0.1, 0.15) is 11.5 Å². The van der Waals surface area contributed by atoms with Crippen LogP contribution >= 0.6 is 0 Å². The Labute approximate surface area is 179 Å². The highest BCUT2D eigenvalue weighted by Crippen LogP contribution is 2.42. The first-order valence-electron chi connectivity index (χ1n) is 10.3. The lowest BCUT2D eigenvalue weighted by Crippen LogP contribution is -2.31. The molecule has 0 saturated carbocycles. The molecule has 0 fully saturated rings. The molecule has 1 amide bonds. The SMILES string of the molecule is Cc1ccc(-c2n[nH]c3c2C(c2ccc(F)cc2)N(CCCn2ccnc2)C3=O)cc1. The number of hydrogen-bond acceptors (Lipinski definition) is 3. The van der Waals surface area contributed by atoms with Gasteiger partial charge in [-0.2, -0.15) is 5.10 Å². The van der Waals surface area contributed by atoms with Crippen molar-refractivity contribution in [3.63, 3.8) is 0 Å². The first kappa shape index (κ1) is 19.2. The van der Waals surface area contributed by atoms with Crippen molar-refractivity contribution in [1.82, 2.24) is 24.6 Å². The number of nitrogens with one attached hydrogen (secondary N) is 1. The number of hydrogen-bond donors (Lipinski definition) is 1. The number of imidazole rings is 1. The van der Waals surface area contributed by atoms with Crippen LogP contribution in [0.25, 0.3) is 11.3 Å². The summed E-state index contributed by atoms with van der Waals surface area (Å²) in [5.41, 5.74) is 5.09. The number of fused-ring (bicyclic) bond motifs is 1. The maximum absolute atomic E-state index is 13.6. The van der Waals surface area contributed by atoms with Gasteiger partial charge in [0.15, 0.2) is 0 Å². The highest BCUT2D eigenvalue weighted by atomic mass is 19.1. The van der Waals surface area contributed by atoms with Gasteiger partial charge in [-0.25, -0.2) is 9.37 Å². The Morgan fingerprint density at radius 3 is 2.55 bits per heavy atom. The van der Waals surface area contributed by atoms with Crippen molar-refractivity contribution in [3.05, 3.63) is 95.5 Å². The Kier molecular flexibility index (Phi) is 4.86. The standard InChI is InChI=1S/C24H22FN5O/c1-16-3-5-17(6-4-16)21-20-22(28-27-21)24(31)30(13-2-12-29-14-11-26-15-29)23(20)18-7-9-19(25)10-8-18/h3-11,14-15,23H,2,12-13H2,1H3,(H,27,28). The lowest BCUT2D eigenvalue weighted by Gasteiger charge is -2.26. The van der Waals surface area contributed by atoms with Gasteiger partial charge in [0.25, 0.3) is 5.91 Å². The van der Waals surface area contributed by atoms with Crippen molar-refractivity contribution in [3.8, 4) is 11.3 Å². The van der Waals surface area contributed by atoms with E-state index in [-0.39, 0.29) is 17.8 Å². The lowest BCUT2D eigenvalue weighted by molar-refractivity contribution is 0.0739. The minimum Gasteiger partial charge on any atom is -0.337 e. The Morgan fingerprint density at radius 2 is 1.84 bits per heavy atom. The third-order valence-electron chi connectivity index (χ3n) is 5.75. The molecular formula is C24H22FN5O. The van der Waals surface area contributed by atoms with Gasteiger partial charge in [0.05, 0.1) is 18.1 Å². The molecule has 1 atom stereocenters. The third kappa shape index (κ3) is 3.52. The second kappa shape index (κ2) is 7.83. The summed E-state index contributed by atoms with van der Waals surface area (Å²) >= 11 is 0. The van der Waals surface area contributed by atoms with E-state index in [0.29, 0.717) is 12.2 Å². The summed E-state index contributed by atoms with van der Waals surface area (Å²) in [6.45, 7) is 3.36. The summed E-state index contributed by atoms with van der Waals surface area (Å²) in [6.07, 6.45) is 6.19. The smallest absolute Gasteiger partial charge is 0.273 e. The van der Waals surface area contributed by atoms with Crippen LogP contribution in [0.5, 0.6) is 0 Å². The van der Waals surface area contributed by atoms with Crippen LogP contribution in [0.2, 0.25) is 0 Å². The summed E-state index contributed by atoms with van der Waals surface area (Å²) in [5, 5.41) is 7.44. The molecule has 6 nitrogen and oxygen atoms in total. The molecule has 0 saturated heterocycles. The number of carbonyl (C=O) groups is 1. The molecule has 156 valence electrons. The Balaban J connectivity index is 1.52. The molecule has 1 N–H and O–H groups in total. The van der Waals surface area contributed by atoms with E-state index in [2.05, 4.69) is 15.2 Å². The number of amides is 1. The van der Waals surface area contributed by atoms with Gasteiger partial charge < -0.3 is 9.47 Å². The van der Waals surface area contributed by atoms with Crippen molar-refractivity contribution in [2.75, 3.05) is 6.54 Å². The summed E-state index contributed by atoms with van der Waals surface area (Å²) in [7, 11) is 0. The fraction of sp³-hybridized carbons (Fsp3) is 0.208. The average Bonchev–Trinajstić information content (AvgIpc) is 3.49. The maximum Gasteiger partial charge on any atom is 0.273 e. The number of halogens is 1. The molecule has 2 aromatic carbocycles. The Morgan fingerprint density at radius 1 is 1.06 bits per heavy atom. The van der Waals surface area contributed by atoms with E-state index in [1.54, 1.807) is 24.7 Å². The second-order valence-electron chi connectivity index (χ2n) is 7.83. The number of rotatable bonds is 6. The predicted molar refractivity (Wildman–Crippen MR) is 115 cm³/mol. The van der Waals surface area contributed by atoms with E-state index in [4.69, 9.17) is 0 Å². The van der Waals surface area contributed by atoms with Gasteiger partial charge in [0, 0.05) is 36.6 Å². The molecule has 1 aliphatic heterocycles. The first-order valence-corrected chi connectivity index (χ1v) is 10.3. The Hall–Kier alpha value is -3.74. The highest BCUT2D eigenvalue weighted by Gasteiger charge is 2.41. The number of H-pyrrole nitrogens is 1. The van der Waals surface area contributed by atoms with Crippen LogP contribution in [0.1, 0.15) is 39.6 Å². The summed E-state index contributed by atoms with van der Waals surface area (Å²) < 4.78 is 15.6. The summed E-state index contributed by atoms with van der Waals surface area (Å²) in [6, 6.07) is 14.1. The maximum atomic E-state index is 13.6. The van der Waals surface area contributed by atoms with Gasteiger partial charge in [-0.3, -0.25) is 9.89 Å². The second-order valence-corrected chi connectivity index (χ2v) is 7.83. The largest absolute Gasteiger partial charge is 0.337 e. The number of nitrogens with zero attached hydrogens (tertiary/aromatic N) is 4. The van der Waals surface area contributed by atoms with Gasteiger partial charge in [-0.05, 0) is 31.0 Å². The van der Waals surface area contributed by atoms with E-state index in [1.165, 1.54) is 12.1 Å². The van der Waals surface area contributed by atoms with Crippen molar-refractivity contribution in [2.24, 2.45) is 0 Å². The quantitative estimate of drug-likeness (QED) is 0.509. The van der Waals surface area contributed by atoms with Gasteiger partial charge in [-0.1, -0.05) is 42.0 Å². The van der Waals surface area contributed by atoms with E-state index in [0.717, 1.165) is 40.9 Å². The van der Waals surface area contributed by atoms with Crippen LogP contribution in [-0.2, 0) is 6.54 Å². The van der Waals surface area contributed by atoms with E-state index in [9.17, 15) is 9.18 Å². The first-order chi connectivity index (χ1) is 15.1. The highest BCUT2D eigenvalue weighted by molar-refractivity contribution is 6.00. The number of aromatic amines is 1. The topological polar surface area (TPSA) is 66.8 Å². The molecule has 1 unspecified atom stereocenters. The van der Waals surface area contributed by atoms with E-state index in [1.807, 2.05) is 46.9 Å². The van der Waals surface area contributed by atoms with Crippen LogP contribution < -0.4 is 0 Å². The van der Waals surface area contributed by atoms with Crippen LogP contribution in [0, 0.1) is 12.7 Å². The van der Waals surface area contributed by atoms with Crippen molar-refractivity contribution < 1.29 is 9.18 Å². The van der Waals surface area contributed by atoms with Crippen LogP contribution in [0.4, 0.5) is 4.39 Å². The van der Waals surface area contributed by atoms with Gasteiger partial charge >= 0.3 is 0 Å². The molecule has 4 aromatic rings. The summed E-state index contributed by atoms with van der Waals surface area (Å²) in [4.78, 5) is 19.2. The zero-order chi connectivity index (χ0) is 21.4. The van der Waals surface area contributed by atoms with Crippen LogP contribution in [0.15, 0.2) is 67.3 Å². The van der Waals surface area contributed by atoms with Crippen molar-refractivity contribution >= 4 is 5.91 Å². The van der Waals surface area contributed by atoms with Crippen LogP contribution in [0.3, 0.4) is 0 Å².